The Kier molecular flexibility index (Phi) is 3.50. The second-order valence-corrected chi connectivity index (χ2v) is 3.74. The summed E-state index contributed by atoms with van der Waals surface area (Å²) in [5.74, 6) is -1.99. The molecule has 0 unspecified atom stereocenters. The predicted molar refractivity (Wildman–Crippen MR) is 60.3 cm³/mol. The van der Waals surface area contributed by atoms with E-state index in [-0.39, 0.29) is 5.69 Å². The highest BCUT2D eigenvalue weighted by atomic mass is 19.4. The van der Waals surface area contributed by atoms with Gasteiger partial charge in [0.25, 0.3) is 0 Å². The van der Waals surface area contributed by atoms with Crippen LogP contribution < -0.4 is 5.32 Å². The van der Waals surface area contributed by atoms with Crippen LogP contribution in [0, 0.1) is 0 Å². The largest absolute Gasteiger partial charge is 0.471 e. The van der Waals surface area contributed by atoms with E-state index >= 15 is 0 Å². The number of hydrogen-bond acceptors (Lipinski definition) is 3. The molecular weight excluding hydrogens is 261 g/mol. The van der Waals surface area contributed by atoms with Crippen LogP contribution in [0.25, 0.3) is 0 Å². The number of anilines is 1. The molecule has 100 valence electrons. The first-order chi connectivity index (χ1) is 8.95. The minimum Gasteiger partial charge on any atom is -0.318 e. The van der Waals surface area contributed by atoms with Crippen LogP contribution in [-0.2, 0) is 11.3 Å². The number of carbonyl (C=O) groups is 1. The van der Waals surface area contributed by atoms with Gasteiger partial charge in [0, 0.05) is 5.69 Å². The molecule has 1 aromatic carbocycles. The molecule has 5 nitrogen and oxygen atoms in total. The number of halogens is 3. The topological polar surface area (TPSA) is 59.8 Å². The average Bonchev–Trinajstić information content (AvgIpc) is 2.83. The van der Waals surface area contributed by atoms with Gasteiger partial charge < -0.3 is 5.32 Å². The molecule has 0 radical (unpaired) electrons. The van der Waals surface area contributed by atoms with Crippen LogP contribution in [0.4, 0.5) is 18.9 Å². The molecule has 1 amide bonds. The third-order valence-electron chi connectivity index (χ3n) is 2.28. The quantitative estimate of drug-likeness (QED) is 0.925. The van der Waals surface area contributed by atoms with Crippen molar-refractivity contribution < 1.29 is 18.0 Å². The highest BCUT2D eigenvalue weighted by molar-refractivity contribution is 5.94. The highest BCUT2D eigenvalue weighted by Gasteiger charge is 2.38. The molecule has 0 aliphatic heterocycles. The van der Waals surface area contributed by atoms with Gasteiger partial charge in [0.05, 0.1) is 6.54 Å². The number of nitrogens with one attached hydrogen (secondary N) is 1. The zero-order valence-electron chi connectivity index (χ0n) is 9.55. The first-order valence-electron chi connectivity index (χ1n) is 5.25. The van der Waals surface area contributed by atoms with Crippen molar-refractivity contribution in [3.63, 3.8) is 0 Å². The third-order valence-corrected chi connectivity index (χ3v) is 2.28. The molecule has 2 aromatic rings. The molecule has 19 heavy (non-hydrogen) atoms. The number of carbonyl (C=O) groups excluding carboxylic acids is 1. The standard InChI is InChI=1S/C11H9F3N4O/c12-11(13,14)10(19)17-9-3-1-8(2-4-9)5-18-7-15-6-16-18/h1-4,6-7H,5H2,(H,17,19). The molecule has 0 spiro atoms. The first-order valence-corrected chi connectivity index (χ1v) is 5.25. The van der Waals surface area contributed by atoms with E-state index in [1.807, 2.05) is 0 Å². The lowest BCUT2D eigenvalue weighted by Gasteiger charge is -2.08. The van der Waals surface area contributed by atoms with Gasteiger partial charge in [-0.05, 0) is 17.7 Å². The molecule has 0 fully saturated rings. The van der Waals surface area contributed by atoms with Gasteiger partial charge in [-0.3, -0.25) is 4.79 Å². The van der Waals surface area contributed by atoms with Gasteiger partial charge in [0.15, 0.2) is 0 Å². The Bertz CT molecular complexity index is 548. The van der Waals surface area contributed by atoms with Crippen LogP contribution in [-0.4, -0.2) is 26.8 Å². The number of amides is 1. The second-order valence-electron chi connectivity index (χ2n) is 3.74. The van der Waals surface area contributed by atoms with Crippen molar-refractivity contribution >= 4 is 11.6 Å². The second kappa shape index (κ2) is 5.09. The van der Waals surface area contributed by atoms with Crippen molar-refractivity contribution in [3.8, 4) is 0 Å². The highest BCUT2D eigenvalue weighted by Crippen LogP contribution is 2.18. The minimum atomic E-state index is -4.89. The van der Waals surface area contributed by atoms with E-state index in [0.29, 0.717) is 6.54 Å². The zero-order valence-corrected chi connectivity index (χ0v) is 9.55. The van der Waals surface area contributed by atoms with Gasteiger partial charge in [0.2, 0.25) is 0 Å². The van der Waals surface area contributed by atoms with Gasteiger partial charge >= 0.3 is 12.1 Å². The molecule has 0 aliphatic carbocycles. The van der Waals surface area contributed by atoms with E-state index < -0.39 is 12.1 Å². The van der Waals surface area contributed by atoms with Crippen LogP contribution in [0.1, 0.15) is 5.56 Å². The summed E-state index contributed by atoms with van der Waals surface area (Å²) in [5.41, 5.74) is 0.917. The fraction of sp³-hybridized carbons (Fsp3) is 0.182. The maximum Gasteiger partial charge on any atom is 0.471 e. The number of alkyl halides is 3. The fourth-order valence-electron chi connectivity index (χ4n) is 1.40. The summed E-state index contributed by atoms with van der Waals surface area (Å²) in [6.45, 7) is 0.452. The van der Waals surface area contributed by atoms with Gasteiger partial charge in [-0.1, -0.05) is 12.1 Å². The van der Waals surface area contributed by atoms with Gasteiger partial charge in [-0.25, -0.2) is 9.67 Å². The van der Waals surface area contributed by atoms with Crippen LogP contribution in [0.2, 0.25) is 0 Å². The van der Waals surface area contributed by atoms with Crippen molar-refractivity contribution in [3.05, 3.63) is 42.5 Å². The zero-order chi connectivity index (χ0) is 13.9. The normalized spacial score (nSPS) is 11.3. The van der Waals surface area contributed by atoms with Crippen LogP contribution >= 0.6 is 0 Å². The van der Waals surface area contributed by atoms with Crippen LogP contribution in [0.5, 0.6) is 0 Å². The van der Waals surface area contributed by atoms with Crippen LogP contribution in [0.15, 0.2) is 36.9 Å². The first kappa shape index (κ1) is 13.1. The van der Waals surface area contributed by atoms with E-state index in [1.54, 1.807) is 22.1 Å². The summed E-state index contributed by atoms with van der Waals surface area (Å²) in [6, 6.07) is 6.01. The van der Waals surface area contributed by atoms with E-state index in [0.717, 1.165) is 5.56 Å². The monoisotopic (exact) mass is 270 g/mol. The number of hydrogen-bond donors (Lipinski definition) is 1. The molecule has 0 atom stereocenters. The Morgan fingerprint density at radius 2 is 1.95 bits per heavy atom. The Balaban J connectivity index is 2.01. The molecular formula is C11H9F3N4O. The lowest BCUT2D eigenvalue weighted by molar-refractivity contribution is -0.167. The number of rotatable bonds is 3. The lowest BCUT2D eigenvalue weighted by Crippen LogP contribution is -2.29. The Morgan fingerprint density at radius 1 is 1.26 bits per heavy atom. The Labute approximate surface area is 106 Å². The molecule has 0 bridgehead atoms. The molecule has 8 heteroatoms. The van der Waals surface area contributed by atoms with Crippen molar-refractivity contribution in [2.75, 3.05) is 5.32 Å². The molecule has 1 heterocycles. The van der Waals surface area contributed by atoms with E-state index in [1.165, 1.54) is 24.8 Å². The maximum absolute atomic E-state index is 12.0. The van der Waals surface area contributed by atoms with Gasteiger partial charge in [0.1, 0.15) is 12.7 Å². The average molecular weight is 270 g/mol. The van der Waals surface area contributed by atoms with Crippen molar-refractivity contribution in [2.45, 2.75) is 12.7 Å². The minimum absolute atomic E-state index is 0.0877. The van der Waals surface area contributed by atoms with E-state index in [9.17, 15) is 18.0 Å². The van der Waals surface area contributed by atoms with Gasteiger partial charge in [-0.2, -0.15) is 18.3 Å². The Hall–Kier alpha value is -2.38. The van der Waals surface area contributed by atoms with E-state index in [2.05, 4.69) is 10.1 Å². The molecule has 0 aliphatic rings. The third kappa shape index (κ3) is 3.54. The van der Waals surface area contributed by atoms with E-state index in [4.69, 9.17) is 0 Å². The number of nitrogens with zero attached hydrogens (tertiary/aromatic N) is 3. The van der Waals surface area contributed by atoms with Crippen molar-refractivity contribution in [1.29, 1.82) is 0 Å². The fourth-order valence-corrected chi connectivity index (χ4v) is 1.40. The summed E-state index contributed by atoms with van der Waals surface area (Å²) in [4.78, 5) is 14.5. The SMILES string of the molecule is O=C(Nc1ccc(Cn2cncn2)cc1)C(F)(F)F. The number of benzene rings is 1. The molecule has 1 N–H and O–H groups in total. The van der Waals surface area contributed by atoms with Crippen LogP contribution in [0.3, 0.4) is 0 Å². The summed E-state index contributed by atoms with van der Waals surface area (Å²) < 4.78 is 37.7. The molecule has 0 saturated heterocycles. The summed E-state index contributed by atoms with van der Waals surface area (Å²) >= 11 is 0. The molecule has 2 rings (SSSR count). The smallest absolute Gasteiger partial charge is 0.318 e. The number of aromatic nitrogens is 3. The summed E-state index contributed by atoms with van der Waals surface area (Å²) in [7, 11) is 0. The summed E-state index contributed by atoms with van der Waals surface area (Å²) in [6.07, 6.45) is -1.98. The Morgan fingerprint density at radius 3 is 2.47 bits per heavy atom. The maximum atomic E-state index is 12.0. The van der Waals surface area contributed by atoms with Gasteiger partial charge in [-0.15, -0.1) is 0 Å². The molecule has 0 saturated carbocycles. The van der Waals surface area contributed by atoms with Crippen molar-refractivity contribution in [2.24, 2.45) is 0 Å². The molecule has 1 aromatic heterocycles. The van der Waals surface area contributed by atoms with Crippen molar-refractivity contribution in [1.82, 2.24) is 14.8 Å². The lowest BCUT2D eigenvalue weighted by atomic mass is 10.2. The summed E-state index contributed by atoms with van der Waals surface area (Å²) in [5, 5.41) is 5.67. The predicted octanol–water partition coefficient (Wildman–Crippen LogP) is 1.83.